The topological polar surface area (TPSA) is 29.5 Å². The standard InChI is InChI=1S/C10H16FNO2/c1-10(2,3)14-9(13)12-5-4-8(6-11)7-12/h6H,4-5,7H2,1-3H3/b8-6+. The molecule has 0 spiro atoms. The normalized spacial score (nSPS) is 20.3. The molecular formula is C10H16FNO2. The first-order valence-electron chi connectivity index (χ1n) is 4.68. The van der Waals surface area contributed by atoms with Crippen LogP contribution >= 0.6 is 0 Å². The summed E-state index contributed by atoms with van der Waals surface area (Å²) < 4.78 is 17.3. The fourth-order valence-corrected chi connectivity index (χ4v) is 1.25. The summed E-state index contributed by atoms with van der Waals surface area (Å²) in [4.78, 5) is 13.0. The molecule has 1 aliphatic heterocycles. The second kappa shape index (κ2) is 3.98. The van der Waals surface area contributed by atoms with Gasteiger partial charge in [-0.15, -0.1) is 0 Å². The molecule has 1 amide bonds. The quantitative estimate of drug-likeness (QED) is 0.602. The maximum Gasteiger partial charge on any atom is 0.410 e. The third kappa shape index (κ3) is 3.01. The minimum absolute atomic E-state index is 0.353. The Hall–Kier alpha value is -1.06. The monoisotopic (exact) mass is 201 g/mol. The molecule has 3 nitrogen and oxygen atoms in total. The molecule has 0 aromatic heterocycles. The van der Waals surface area contributed by atoms with Crippen molar-refractivity contribution in [2.24, 2.45) is 0 Å². The van der Waals surface area contributed by atoms with Crippen molar-refractivity contribution < 1.29 is 13.9 Å². The fourth-order valence-electron chi connectivity index (χ4n) is 1.25. The van der Waals surface area contributed by atoms with E-state index in [1.165, 1.54) is 4.90 Å². The van der Waals surface area contributed by atoms with E-state index in [0.29, 0.717) is 31.4 Å². The van der Waals surface area contributed by atoms with Gasteiger partial charge in [-0.1, -0.05) is 0 Å². The number of rotatable bonds is 0. The highest BCUT2D eigenvalue weighted by atomic mass is 19.1. The van der Waals surface area contributed by atoms with Crippen LogP contribution in [0, 0.1) is 0 Å². The molecule has 1 fully saturated rings. The van der Waals surface area contributed by atoms with Crippen molar-refractivity contribution in [3.8, 4) is 0 Å². The van der Waals surface area contributed by atoms with Gasteiger partial charge in [0.25, 0.3) is 0 Å². The number of nitrogens with zero attached hydrogens (tertiary/aromatic N) is 1. The molecule has 0 aromatic rings. The van der Waals surface area contributed by atoms with Gasteiger partial charge < -0.3 is 9.64 Å². The first-order chi connectivity index (χ1) is 6.42. The van der Waals surface area contributed by atoms with Gasteiger partial charge in [0.05, 0.1) is 6.33 Å². The highest BCUT2D eigenvalue weighted by Gasteiger charge is 2.26. The zero-order valence-electron chi connectivity index (χ0n) is 8.84. The summed E-state index contributed by atoms with van der Waals surface area (Å²) in [7, 11) is 0. The van der Waals surface area contributed by atoms with Crippen molar-refractivity contribution in [1.82, 2.24) is 4.90 Å². The Morgan fingerprint density at radius 2 is 2.21 bits per heavy atom. The highest BCUT2D eigenvalue weighted by molar-refractivity contribution is 5.69. The average Bonchev–Trinajstić information content (AvgIpc) is 2.48. The lowest BCUT2D eigenvalue weighted by atomic mass is 10.2. The molecule has 0 radical (unpaired) electrons. The second-order valence-corrected chi connectivity index (χ2v) is 4.42. The molecular weight excluding hydrogens is 185 g/mol. The van der Waals surface area contributed by atoms with E-state index in [4.69, 9.17) is 4.74 Å². The summed E-state index contributed by atoms with van der Waals surface area (Å²) in [6.45, 7) is 6.34. The van der Waals surface area contributed by atoms with Crippen LogP contribution in [0.2, 0.25) is 0 Å². The van der Waals surface area contributed by atoms with Crippen LogP contribution in [0.4, 0.5) is 9.18 Å². The molecule has 14 heavy (non-hydrogen) atoms. The number of ether oxygens (including phenoxy) is 1. The number of hydrogen-bond acceptors (Lipinski definition) is 2. The maximum atomic E-state index is 12.1. The van der Waals surface area contributed by atoms with Crippen molar-refractivity contribution >= 4 is 6.09 Å². The zero-order chi connectivity index (χ0) is 10.8. The van der Waals surface area contributed by atoms with Crippen LogP contribution in [0.15, 0.2) is 11.9 Å². The second-order valence-electron chi connectivity index (χ2n) is 4.42. The van der Waals surface area contributed by atoms with E-state index in [2.05, 4.69) is 0 Å². The van der Waals surface area contributed by atoms with Gasteiger partial charge >= 0.3 is 6.09 Å². The van der Waals surface area contributed by atoms with Gasteiger partial charge in [0.2, 0.25) is 0 Å². The molecule has 0 N–H and O–H groups in total. The van der Waals surface area contributed by atoms with Crippen LogP contribution in [-0.2, 0) is 4.74 Å². The van der Waals surface area contributed by atoms with E-state index in [1.54, 1.807) is 0 Å². The summed E-state index contributed by atoms with van der Waals surface area (Å²) in [5, 5.41) is 0. The van der Waals surface area contributed by atoms with Crippen molar-refractivity contribution in [1.29, 1.82) is 0 Å². The fraction of sp³-hybridized carbons (Fsp3) is 0.700. The highest BCUT2D eigenvalue weighted by Crippen LogP contribution is 2.18. The van der Waals surface area contributed by atoms with Crippen LogP contribution in [-0.4, -0.2) is 29.7 Å². The third-order valence-corrected chi connectivity index (χ3v) is 1.90. The minimum Gasteiger partial charge on any atom is -0.444 e. The molecule has 0 bridgehead atoms. The Kier molecular flexibility index (Phi) is 3.13. The summed E-state index contributed by atoms with van der Waals surface area (Å²) >= 11 is 0. The Morgan fingerprint density at radius 1 is 1.57 bits per heavy atom. The van der Waals surface area contributed by atoms with Gasteiger partial charge in [-0.3, -0.25) is 0 Å². The van der Waals surface area contributed by atoms with Crippen molar-refractivity contribution in [3.05, 3.63) is 11.9 Å². The van der Waals surface area contributed by atoms with Gasteiger partial charge in [0.1, 0.15) is 5.60 Å². The van der Waals surface area contributed by atoms with E-state index in [9.17, 15) is 9.18 Å². The number of carbonyl (C=O) groups is 1. The van der Waals surface area contributed by atoms with E-state index < -0.39 is 5.60 Å². The first kappa shape index (κ1) is 11.0. The van der Waals surface area contributed by atoms with Crippen LogP contribution < -0.4 is 0 Å². The summed E-state index contributed by atoms with van der Waals surface area (Å²) in [6.07, 6.45) is 0.814. The van der Waals surface area contributed by atoms with Crippen LogP contribution in [0.1, 0.15) is 27.2 Å². The smallest absolute Gasteiger partial charge is 0.410 e. The SMILES string of the molecule is CC(C)(C)OC(=O)N1CC/C(=C\F)C1. The number of hydrogen-bond donors (Lipinski definition) is 0. The number of carbonyl (C=O) groups excluding carboxylic acids is 1. The lowest BCUT2D eigenvalue weighted by molar-refractivity contribution is 0.0299. The average molecular weight is 201 g/mol. The van der Waals surface area contributed by atoms with E-state index >= 15 is 0 Å². The predicted molar refractivity (Wildman–Crippen MR) is 51.6 cm³/mol. The van der Waals surface area contributed by atoms with Crippen LogP contribution in [0.25, 0.3) is 0 Å². The third-order valence-electron chi connectivity index (χ3n) is 1.90. The van der Waals surface area contributed by atoms with Gasteiger partial charge in [-0.05, 0) is 32.8 Å². The summed E-state index contributed by atoms with van der Waals surface area (Å²) in [5.74, 6) is 0. The van der Waals surface area contributed by atoms with E-state index in [0.717, 1.165) is 0 Å². The van der Waals surface area contributed by atoms with Crippen molar-refractivity contribution in [2.45, 2.75) is 32.8 Å². The molecule has 80 valence electrons. The predicted octanol–water partition coefficient (Wildman–Crippen LogP) is 2.48. The minimum atomic E-state index is -0.487. The summed E-state index contributed by atoms with van der Waals surface area (Å²) in [6, 6.07) is 0. The largest absolute Gasteiger partial charge is 0.444 e. The Morgan fingerprint density at radius 3 is 2.64 bits per heavy atom. The maximum absolute atomic E-state index is 12.1. The summed E-state index contributed by atoms with van der Waals surface area (Å²) in [5.41, 5.74) is 0.162. The first-order valence-corrected chi connectivity index (χ1v) is 4.68. The molecule has 4 heteroatoms. The molecule has 0 aliphatic carbocycles. The van der Waals surface area contributed by atoms with Crippen molar-refractivity contribution in [3.63, 3.8) is 0 Å². The molecule has 0 saturated carbocycles. The molecule has 1 heterocycles. The van der Waals surface area contributed by atoms with Gasteiger partial charge in [0, 0.05) is 13.1 Å². The number of amides is 1. The Bertz CT molecular complexity index is 255. The number of halogens is 1. The zero-order valence-corrected chi connectivity index (χ0v) is 8.84. The Balaban J connectivity index is 2.48. The molecule has 1 rings (SSSR count). The lowest BCUT2D eigenvalue weighted by Crippen LogP contribution is -2.34. The van der Waals surface area contributed by atoms with Gasteiger partial charge in [-0.2, -0.15) is 0 Å². The Labute approximate surface area is 83.5 Å². The van der Waals surface area contributed by atoms with Crippen LogP contribution in [0.5, 0.6) is 0 Å². The molecule has 1 saturated heterocycles. The van der Waals surface area contributed by atoms with Crippen molar-refractivity contribution in [2.75, 3.05) is 13.1 Å². The molecule has 1 aliphatic rings. The van der Waals surface area contributed by atoms with Gasteiger partial charge in [-0.25, -0.2) is 9.18 Å². The van der Waals surface area contributed by atoms with Gasteiger partial charge in [0.15, 0.2) is 0 Å². The molecule has 0 aromatic carbocycles. The number of likely N-dealkylation sites (tertiary alicyclic amines) is 1. The van der Waals surface area contributed by atoms with E-state index in [1.807, 2.05) is 20.8 Å². The van der Waals surface area contributed by atoms with Crippen LogP contribution in [0.3, 0.4) is 0 Å². The van der Waals surface area contributed by atoms with E-state index in [-0.39, 0.29) is 6.09 Å². The molecule has 0 atom stereocenters. The molecule has 0 unspecified atom stereocenters. The lowest BCUT2D eigenvalue weighted by Gasteiger charge is -2.23.